The van der Waals surface area contributed by atoms with Crippen LogP contribution in [0.25, 0.3) is 0 Å². The fraction of sp³-hybridized carbons (Fsp3) is 0.778. The van der Waals surface area contributed by atoms with Crippen LogP contribution < -0.4 is 0 Å². The minimum absolute atomic E-state index is 0.231. The molecule has 1 unspecified atom stereocenters. The molecule has 12 nitrogen and oxygen atoms in total. The Balaban J connectivity index is 3.03. The average Bonchev–Trinajstić information content (AvgIpc) is 2.62. The van der Waals surface area contributed by atoms with E-state index in [2.05, 4.69) is 0 Å². The molecule has 0 aromatic carbocycles. The Morgan fingerprint density at radius 1 is 0.633 bits per heavy atom. The summed E-state index contributed by atoms with van der Waals surface area (Å²) >= 11 is 0. The fourth-order valence-electron chi connectivity index (χ4n) is 3.50. The second kappa shape index (κ2) is 13.1. The minimum Gasteiger partial charge on any atom is -0.480 e. The molecular formula is C18H32N4O8. The number of aliphatic carboxylic acids is 4. The molecule has 0 aromatic rings. The van der Waals surface area contributed by atoms with Crippen molar-refractivity contribution in [3.8, 4) is 0 Å². The Kier molecular flexibility index (Phi) is 11.3. The molecule has 1 saturated heterocycles. The highest BCUT2D eigenvalue weighted by atomic mass is 16.4. The molecule has 1 aliphatic rings. The number of carboxylic acids is 4. The van der Waals surface area contributed by atoms with Crippen molar-refractivity contribution in [2.24, 2.45) is 0 Å². The predicted octanol–water partition coefficient (Wildman–Crippen LogP) is -1.67. The molecule has 12 heteroatoms. The number of carboxylic acid groups (broad SMARTS) is 4. The highest BCUT2D eigenvalue weighted by Crippen LogP contribution is 2.08. The van der Waals surface area contributed by atoms with E-state index in [0.717, 1.165) is 0 Å². The molecule has 0 spiro atoms. The van der Waals surface area contributed by atoms with Crippen molar-refractivity contribution in [1.29, 1.82) is 0 Å². The van der Waals surface area contributed by atoms with Gasteiger partial charge in [0, 0.05) is 52.4 Å². The van der Waals surface area contributed by atoms with Crippen molar-refractivity contribution in [1.82, 2.24) is 19.6 Å². The van der Waals surface area contributed by atoms with Gasteiger partial charge >= 0.3 is 23.9 Å². The molecule has 1 heterocycles. The molecule has 1 atom stereocenters. The first-order chi connectivity index (χ1) is 14.1. The lowest BCUT2D eigenvalue weighted by Gasteiger charge is -2.35. The van der Waals surface area contributed by atoms with Gasteiger partial charge in [-0.2, -0.15) is 0 Å². The summed E-state index contributed by atoms with van der Waals surface area (Å²) in [6, 6.07) is -0.755. The maximum Gasteiger partial charge on any atom is 0.320 e. The van der Waals surface area contributed by atoms with Gasteiger partial charge in [-0.25, -0.2) is 0 Å². The molecule has 0 radical (unpaired) electrons. The Labute approximate surface area is 175 Å². The molecule has 1 fully saturated rings. The third kappa shape index (κ3) is 9.96. The van der Waals surface area contributed by atoms with E-state index in [0.29, 0.717) is 58.8 Å². The third-order valence-electron chi connectivity index (χ3n) is 5.06. The molecule has 0 aliphatic carbocycles. The van der Waals surface area contributed by atoms with Crippen LogP contribution >= 0.6 is 0 Å². The lowest BCUT2D eigenvalue weighted by molar-refractivity contribution is -0.144. The number of hydrogen-bond donors (Lipinski definition) is 4. The molecule has 0 aromatic heterocycles. The summed E-state index contributed by atoms with van der Waals surface area (Å²) in [5.41, 5.74) is 0. The third-order valence-corrected chi connectivity index (χ3v) is 5.06. The van der Waals surface area contributed by atoms with Gasteiger partial charge in [0.25, 0.3) is 0 Å². The van der Waals surface area contributed by atoms with Crippen molar-refractivity contribution >= 4 is 23.9 Å². The first-order valence-electron chi connectivity index (χ1n) is 9.91. The van der Waals surface area contributed by atoms with Gasteiger partial charge in [-0.1, -0.05) is 6.92 Å². The highest BCUT2D eigenvalue weighted by molar-refractivity contribution is 5.73. The number of nitrogens with zero attached hydrogens (tertiary/aromatic N) is 4. The van der Waals surface area contributed by atoms with Crippen molar-refractivity contribution in [3.63, 3.8) is 0 Å². The SMILES string of the molecule is CCC(C(=O)O)N1CCN(CC(=O)O)CCN(CC(=O)O)CCN(CC(=O)O)CC1. The molecular weight excluding hydrogens is 400 g/mol. The largest absolute Gasteiger partial charge is 0.480 e. The maximum absolute atomic E-state index is 11.6. The number of hydrogen-bond acceptors (Lipinski definition) is 8. The van der Waals surface area contributed by atoms with Crippen molar-refractivity contribution < 1.29 is 39.6 Å². The number of rotatable bonds is 9. The molecule has 1 rings (SSSR count). The van der Waals surface area contributed by atoms with E-state index < -0.39 is 29.9 Å². The van der Waals surface area contributed by atoms with Gasteiger partial charge in [0.2, 0.25) is 0 Å². The summed E-state index contributed by atoms with van der Waals surface area (Å²) in [6.07, 6.45) is 0.361. The van der Waals surface area contributed by atoms with E-state index >= 15 is 0 Å². The van der Waals surface area contributed by atoms with Crippen molar-refractivity contribution in [2.75, 3.05) is 72.0 Å². The van der Waals surface area contributed by atoms with E-state index in [1.165, 1.54) is 0 Å². The zero-order valence-electron chi connectivity index (χ0n) is 17.3. The quantitative estimate of drug-likeness (QED) is 0.328. The van der Waals surface area contributed by atoms with Gasteiger partial charge in [-0.05, 0) is 6.42 Å². The van der Waals surface area contributed by atoms with Crippen LogP contribution in [0.3, 0.4) is 0 Å². The van der Waals surface area contributed by atoms with Gasteiger partial charge in [-0.3, -0.25) is 38.8 Å². The minimum atomic E-state index is -1.02. The second-order valence-corrected chi connectivity index (χ2v) is 7.31. The van der Waals surface area contributed by atoms with Crippen LogP contribution in [-0.2, 0) is 19.2 Å². The second-order valence-electron chi connectivity index (χ2n) is 7.31. The van der Waals surface area contributed by atoms with Crippen LogP contribution in [0.2, 0.25) is 0 Å². The predicted molar refractivity (Wildman–Crippen MR) is 106 cm³/mol. The molecule has 1 aliphatic heterocycles. The number of carbonyl (C=O) groups is 4. The Morgan fingerprint density at radius 3 is 1.17 bits per heavy atom. The van der Waals surface area contributed by atoms with Crippen LogP contribution in [0, 0.1) is 0 Å². The molecule has 172 valence electrons. The summed E-state index contributed by atoms with van der Waals surface area (Å²) in [5, 5.41) is 37.0. The summed E-state index contributed by atoms with van der Waals surface area (Å²) in [4.78, 5) is 51.9. The molecule has 0 amide bonds. The van der Waals surface area contributed by atoms with E-state index in [1.54, 1.807) is 26.5 Å². The molecule has 0 saturated carbocycles. The van der Waals surface area contributed by atoms with Crippen molar-refractivity contribution in [3.05, 3.63) is 0 Å². The summed E-state index contributed by atoms with van der Waals surface area (Å²) < 4.78 is 0. The Bertz CT molecular complexity index is 571. The zero-order valence-corrected chi connectivity index (χ0v) is 17.3. The van der Waals surface area contributed by atoms with Gasteiger partial charge in [-0.15, -0.1) is 0 Å². The standard InChI is InChI=1S/C18H32N4O8/c1-2-14(18(29)30)22-9-7-20(12-16(25)26)5-3-19(11-15(23)24)4-6-21(8-10-22)13-17(27)28/h14H,2-13H2,1H3,(H,23,24)(H,25,26)(H,27,28)(H,29,30). The average molecular weight is 432 g/mol. The molecule has 4 N–H and O–H groups in total. The van der Waals surface area contributed by atoms with Gasteiger partial charge in [0.1, 0.15) is 6.04 Å². The lowest BCUT2D eigenvalue weighted by atomic mass is 10.2. The van der Waals surface area contributed by atoms with Crippen LogP contribution in [-0.4, -0.2) is 142 Å². The van der Waals surface area contributed by atoms with E-state index in [1.807, 2.05) is 0 Å². The van der Waals surface area contributed by atoms with Crippen LogP contribution in [0.1, 0.15) is 13.3 Å². The first kappa shape index (κ1) is 25.8. The molecule has 30 heavy (non-hydrogen) atoms. The highest BCUT2D eigenvalue weighted by Gasteiger charge is 2.26. The Morgan fingerprint density at radius 2 is 0.933 bits per heavy atom. The van der Waals surface area contributed by atoms with Gasteiger partial charge in [0.15, 0.2) is 0 Å². The van der Waals surface area contributed by atoms with Crippen LogP contribution in [0.5, 0.6) is 0 Å². The molecule has 0 bridgehead atoms. The van der Waals surface area contributed by atoms with Gasteiger partial charge in [0.05, 0.1) is 19.6 Å². The van der Waals surface area contributed by atoms with Crippen LogP contribution in [0.4, 0.5) is 0 Å². The zero-order chi connectivity index (χ0) is 22.7. The normalized spacial score (nSPS) is 20.0. The van der Waals surface area contributed by atoms with E-state index in [-0.39, 0.29) is 19.6 Å². The summed E-state index contributed by atoms with van der Waals surface area (Å²) in [5.74, 6) is -4.03. The summed E-state index contributed by atoms with van der Waals surface area (Å²) in [6.45, 7) is 3.47. The monoisotopic (exact) mass is 432 g/mol. The van der Waals surface area contributed by atoms with Gasteiger partial charge < -0.3 is 20.4 Å². The van der Waals surface area contributed by atoms with Crippen LogP contribution in [0.15, 0.2) is 0 Å². The van der Waals surface area contributed by atoms with E-state index in [4.69, 9.17) is 5.11 Å². The first-order valence-corrected chi connectivity index (χ1v) is 9.91. The lowest BCUT2D eigenvalue weighted by Crippen LogP contribution is -2.51. The maximum atomic E-state index is 11.6. The van der Waals surface area contributed by atoms with E-state index in [9.17, 15) is 34.5 Å². The fourth-order valence-corrected chi connectivity index (χ4v) is 3.50. The summed E-state index contributed by atoms with van der Waals surface area (Å²) in [7, 11) is 0. The topological polar surface area (TPSA) is 162 Å². The smallest absolute Gasteiger partial charge is 0.320 e. The Hall–Kier alpha value is -2.28. The van der Waals surface area contributed by atoms with Crippen molar-refractivity contribution in [2.45, 2.75) is 19.4 Å².